The molecule has 1 aromatic carbocycles. The van der Waals surface area contributed by atoms with Crippen LogP contribution in [0.1, 0.15) is 23.2 Å². The summed E-state index contributed by atoms with van der Waals surface area (Å²) in [5.41, 5.74) is 0.646. The fourth-order valence-corrected chi connectivity index (χ4v) is 1.66. The quantitative estimate of drug-likeness (QED) is 0.816. The number of amides is 1. The van der Waals surface area contributed by atoms with E-state index in [0.29, 0.717) is 18.4 Å². The van der Waals surface area contributed by atoms with E-state index in [2.05, 4.69) is 5.32 Å². The molecule has 0 bridgehead atoms. The van der Waals surface area contributed by atoms with Crippen LogP contribution in [0.5, 0.6) is 0 Å². The average Bonchev–Trinajstić information content (AvgIpc) is 2.33. The molecule has 1 N–H and O–H groups in total. The van der Waals surface area contributed by atoms with E-state index in [1.807, 2.05) is 18.2 Å². The normalized spacial score (nSPS) is 19.5. The van der Waals surface area contributed by atoms with Gasteiger partial charge in [-0.1, -0.05) is 24.3 Å². The Labute approximate surface area is 94.2 Å². The van der Waals surface area contributed by atoms with Gasteiger partial charge in [0.15, 0.2) is 5.78 Å². The van der Waals surface area contributed by atoms with Gasteiger partial charge in [0, 0.05) is 18.0 Å². The molecule has 1 aliphatic carbocycles. The first-order valence-electron chi connectivity index (χ1n) is 5.32. The van der Waals surface area contributed by atoms with Crippen molar-refractivity contribution in [2.45, 2.75) is 18.9 Å². The maximum Gasteiger partial charge on any atom is 0.251 e. The van der Waals surface area contributed by atoms with E-state index < -0.39 is 0 Å². The van der Waals surface area contributed by atoms with Crippen molar-refractivity contribution in [3.05, 3.63) is 48.0 Å². The van der Waals surface area contributed by atoms with Gasteiger partial charge in [-0.25, -0.2) is 0 Å². The Bertz CT molecular complexity index is 423. The predicted octanol–water partition coefficient (Wildman–Crippen LogP) is 1.70. The van der Waals surface area contributed by atoms with Crippen LogP contribution in [0, 0.1) is 0 Å². The van der Waals surface area contributed by atoms with Crippen molar-refractivity contribution < 1.29 is 9.59 Å². The molecular weight excluding hydrogens is 202 g/mol. The highest BCUT2D eigenvalue weighted by molar-refractivity contribution is 5.95. The molecule has 1 unspecified atom stereocenters. The van der Waals surface area contributed by atoms with E-state index in [1.165, 1.54) is 0 Å². The molecule has 0 aliphatic heterocycles. The van der Waals surface area contributed by atoms with Crippen LogP contribution in [0.15, 0.2) is 42.5 Å². The first-order chi connectivity index (χ1) is 7.75. The van der Waals surface area contributed by atoms with Gasteiger partial charge in [0.2, 0.25) is 0 Å². The van der Waals surface area contributed by atoms with Crippen LogP contribution in [-0.2, 0) is 4.79 Å². The van der Waals surface area contributed by atoms with Crippen molar-refractivity contribution in [3.8, 4) is 0 Å². The summed E-state index contributed by atoms with van der Waals surface area (Å²) in [7, 11) is 0. The van der Waals surface area contributed by atoms with Crippen LogP contribution in [-0.4, -0.2) is 17.7 Å². The third kappa shape index (κ3) is 2.57. The Morgan fingerprint density at radius 3 is 2.62 bits per heavy atom. The molecule has 3 heteroatoms. The smallest absolute Gasteiger partial charge is 0.251 e. The van der Waals surface area contributed by atoms with E-state index in [-0.39, 0.29) is 17.7 Å². The van der Waals surface area contributed by atoms with Crippen molar-refractivity contribution in [2.75, 3.05) is 0 Å². The van der Waals surface area contributed by atoms with Crippen LogP contribution in [0.4, 0.5) is 0 Å². The zero-order chi connectivity index (χ0) is 11.4. The molecule has 0 saturated carbocycles. The SMILES string of the molecule is O=C1C=CC(NC(=O)c2ccccc2)CC1. The molecule has 0 fully saturated rings. The number of rotatable bonds is 2. The first kappa shape index (κ1) is 10.6. The maximum atomic E-state index is 11.8. The summed E-state index contributed by atoms with van der Waals surface area (Å²) in [6, 6.07) is 9.05. The van der Waals surface area contributed by atoms with E-state index in [1.54, 1.807) is 24.3 Å². The van der Waals surface area contributed by atoms with Crippen molar-refractivity contribution >= 4 is 11.7 Å². The molecule has 1 atom stereocenters. The van der Waals surface area contributed by atoms with Gasteiger partial charge in [-0.2, -0.15) is 0 Å². The summed E-state index contributed by atoms with van der Waals surface area (Å²) >= 11 is 0. The van der Waals surface area contributed by atoms with Crippen molar-refractivity contribution in [2.24, 2.45) is 0 Å². The van der Waals surface area contributed by atoms with Crippen LogP contribution in [0.3, 0.4) is 0 Å². The molecule has 2 rings (SSSR count). The Kier molecular flexibility index (Phi) is 3.15. The molecule has 1 amide bonds. The fraction of sp³-hybridized carbons (Fsp3) is 0.231. The topological polar surface area (TPSA) is 46.2 Å². The summed E-state index contributed by atoms with van der Waals surface area (Å²) in [4.78, 5) is 22.7. The number of benzene rings is 1. The Morgan fingerprint density at radius 2 is 2.00 bits per heavy atom. The fourth-order valence-electron chi connectivity index (χ4n) is 1.66. The summed E-state index contributed by atoms with van der Waals surface area (Å²) in [6.45, 7) is 0. The molecular formula is C13H13NO2. The lowest BCUT2D eigenvalue weighted by atomic mass is 10.0. The molecule has 16 heavy (non-hydrogen) atoms. The van der Waals surface area contributed by atoms with Gasteiger partial charge in [-0.05, 0) is 24.6 Å². The standard InChI is InChI=1S/C13H13NO2/c15-12-8-6-11(7-9-12)14-13(16)10-4-2-1-3-5-10/h1-6,8,11H,7,9H2,(H,14,16). The average molecular weight is 215 g/mol. The third-order valence-corrected chi connectivity index (χ3v) is 2.57. The summed E-state index contributed by atoms with van der Waals surface area (Å²) in [6.07, 6.45) is 4.50. The number of carbonyl (C=O) groups is 2. The summed E-state index contributed by atoms with van der Waals surface area (Å²) < 4.78 is 0. The second kappa shape index (κ2) is 4.75. The Hall–Kier alpha value is -1.90. The van der Waals surface area contributed by atoms with Gasteiger partial charge >= 0.3 is 0 Å². The van der Waals surface area contributed by atoms with E-state index in [0.717, 1.165) is 0 Å². The van der Waals surface area contributed by atoms with E-state index in [4.69, 9.17) is 0 Å². The minimum Gasteiger partial charge on any atom is -0.346 e. The van der Waals surface area contributed by atoms with Crippen molar-refractivity contribution in [1.29, 1.82) is 0 Å². The zero-order valence-electron chi connectivity index (χ0n) is 8.85. The van der Waals surface area contributed by atoms with E-state index in [9.17, 15) is 9.59 Å². The molecule has 82 valence electrons. The highest BCUT2D eigenvalue weighted by Crippen LogP contribution is 2.08. The van der Waals surface area contributed by atoms with Gasteiger partial charge in [0.05, 0.1) is 0 Å². The minimum atomic E-state index is -0.0930. The Morgan fingerprint density at radius 1 is 1.25 bits per heavy atom. The summed E-state index contributed by atoms with van der Waals surface area (Å²) in [5, 5.41) is 2.88. The monoisotopic (exact) mass is 215 g/mol. The predicted molar refractivity (Wildman–Crippen MR) is 61.1 cm³/mol. The zero-order valence-corrected chi connectivity index (χ0v) is 8.85. The molecule has 3 nitrogen and oxygen atoms in total. The largest absolute Gasteiger partial charge is 0.346 e. The molecule has 0 saturated heterocycles. The molecule has 0 heterocycles. The minimum absolute atomic E-state index is 0.0228. The van der Waals surface area contributed by atoms with E-state index >= 15 is 0 Å². The lowest BCUT2D eigenvalue weighted by Gasteiger charge is -2.17. The Balaban J connectivity index is 1.98. The lowest BCUT2D eigenvalue weighted by molar-refractivity contribution is -0.115. The van der Waals surface area contributed by atoms with Crippen LogP contribution in [0.25, 0.3) is 0 Å². The number of hydrogen-bond acceptors (Lipinski definition) is 2. The molecule has 0 spiro atoms. The van der Waals surface area contributed by atoms with Crippen LogP contribution >= 0.6 is 0 Å². The van der Waals surface area contributed by atoms with Gasteiger partial charge in [0.25, 0.3) is 5.91 Å². The summed E-state index contributed by atoms with van der Waals surface area (Å²) in [5.74, 6) is 0.0369. The van der Waals surface area contributed by atoms with Crippen LogP contribution < -0.4 is 5.32 Å². The molecule has 0 aromatic heterocycles. The highest BCUT2D eigenvalue weighted by Gasteiger charge is 2.15. The molecule has 1 aromatic rings. The highest BCUT2D eigenvalue weighted by atomic mass is 16.1. The second-order valence-corrected chi connectivity index (χ2v) is 3.81. The molecule has 1 aliphatic rings. The first-order valence-corrected chi connectivity index (χ1v) is 5.32. The second-order valence-electron chi connectivity index (χ2n) is 3.81. The maximum absolute atomic E-state index is 11.8. The number of hydrogen-bond donors (Lipinski definition) is 1. The van der Waals surface area contributed by atoms with Crippen LogP contribution in [0.2, 0.25) is 0 Å². The van der Waals surface area contributed by atoms with Crippen molar-refractivity contribution in [1.82, 2.24) is 5.32 Å². The molecule has 0 radical (unpaired) electrons. The lowest BCUT2D eigenvalue weighted by Crippen LogP contribution is -2.35. The van der Waals surface area contributed by atoms with Crippen molar-refractivity contribution in [3.63, 3.8) is 0 Å². The number of carbonyl (C=O) groups excluding carboxylic acids is 2. The van der Waals surface area contributed by atoms with Gasteiger partial charge in [0.1, 0.15) is 0 Å². The van der Waals surface area contributed by atoms with Gasteiger partial charge in [-0.15, -0.1) is 0 Å². The van der Waals surface area contributed by atoms with Gasteiger partial charge < -0.3 is 5.32 Å². The number of nitrogens with one attached hydrogen (secondary N) is 1. The number of ketones is 1. The van der Waals surface area contributed by atoms with Gasteiger partial charge in [-0.3, -0.25) is 9.59 Å². The number of allylic oxidation sites excluding steroid dienone is 1. The third-order valence-electron chi connectivity index (χ3n) is 2.57.